The predicted molar refractivity (Wildman–Crippen MR) is 110 cm³/mol. The van der Waals surface area contributed by atoms with Crippen molar-refractivity contribution in [1.82, 2.24) is 4.90 Å². The number of rotatable bonds is 5. The van der Waals surface area contributed by atoms with E-state index in [9.17, 15) is 9.59 Å². The minimum Gasteiger partial charge on any atom is -0.486 e. The summed E-state index contributed by atoms with van der Waals surface area (Å²) in [6.07, 6.45) is 5.19. The van der Waals surface area contributed by atoms with Crippen LogP contribution in [0.2, 0.25) is 0 Å². The monoisotopic (exact) mass is 417 g/mol. The molecule has 4 rings (SSSR count). The van der Waals surface area contributed by atoms with E-state index in [0.29, 0.717) is 69.2 Å². The molecule has 3 aliphatic heterocycles. The van der Waals surface area contributed by atoms with Crippen LogP contribution in [0.4, 0.5) is 0 Å². The van der Waals surface area contributed by atoms with Crippen LogP contribution in [-0.4, -0.2) is 62.4 Å². The number of fused-ring (bicyclic) bond motifs is 1. The Morgan fingerprint density at radius 3 is 2.57 bits per heavy atom. The first-order valence-electron chi connectivity index (χ1n) is 11.1. The van der Waals surface area contributed by atoms with Gasteiger partial charge in [-0.3, -0.25) is 9.59 Å². The van der Waals surface area contributed by atoms with E-state index in [2.05, 4.69) is 0 Å². The fourth-order valence-corrected chi connectivity index (χ4v) is 4.68. The van der Waals surface area contributed by atoms with Gasteiger partial charge in [-0.05, 0) is 63.6 Å². The Morgan fingerprint density at radius 2 is 1.87 bits per heavy atom. The van der Waals surface area contributed by atoms with Gasteiger partial charge in [0.15, 0.2) is 11.5 Å². The Morgan fingerprint density at radius 1 is 1.10 bits per heavy atom. The molecule has 0 saturated carbocycles. The molecule has 0 unspecified atom stereocenters. The molecule has 1 amide bonds. The topological polar surface area (TPSA) is 74.3 Å². The highest BCUT2D eigenvalue weighted by Crippen LogP contribution is 2.40. The lowest BCUT2D eigenvalue weighted by atomic mass is 9.73. The minimum absolute atomic E-state index is 0.0432. The molecule has 3 aliphatic rings. The number of nitrogens with zero attached hydrogens (tertiary/aromatic N) is 1. The van der Waals surface area contributed by atoms with Gasteiger partial charge in [0.25, 0.3) is 5.91 Å². The largest absolute Gasteiger partial charge is 0.486 e. The number of amides is 1. The third kappa shape index (κ3) is 4.41. The van der Waals surface area contributed by atoms with Crippen molar-refractivity contribution in [2.45, 2.75) is 51.6 Å². The Hall–Kier alpha value is -2.28. The molecule has 0 aliphatic carbocycles. The number of hydrogen-bond donors (Lipinski definition) is 0. The molecular formula is C23H31NO6. The molecule has 0 spiro atoms. The first-order chi connectivity index (χ1) is 14.6. The van der Waals surface area contributed by atoms with E-state index >= 15 is 0 Å². The van der Waals surface area contributed by atoms with Crippen LogP contribution in [0.5, 0.6) is 11.5 Å². The average molecular weight is 418 g/mol. The lowest BCUT2D eigenvalue weighted by Gasteiger charge is -2.42. The Labute approximate surface area is 177 Å². The number of carbonyl (C=O) groups is 2. The summed E-state index contributed by atoms with van der Waals surface area (Å²) in [5, 5.41) is 0. The van der Waals surface area contributed by atoms with Crippen LogP contribution in [0.1, 0.15) is 55.8 Å². The van der Waals surface area contributed by atoms with Crippen LogP contribution >= 0.6 is 0 Å². The third-order valence-corrected chi connectivity index (χ3v) is 6.40. The molecule has 1 atom stereocenters. The maximum Gasteiger partial charge on any atom is 0.312 e. The van der Waals surface area contributed by atoms with Crippen LogP contribution < -0.4 is 9.47 Å². The van der Waals surface area contributed by atoms with E-state index < -0.39 is 5.41 Å². The fourth-order valence-electron chi connectivity index (χ4n) is 4.68. The molecule has 7 nitrogen and oxygen atoms in total. The Bertz CT molecular complexity index is 765. The van der Waals surface area contributed by atoms with E-state index in [1.165, 1.54) is 0 Å². The second kappa shape index (κ2) is 9.25. The normalized spacial score (nSPS) is 23.0. The predicted octanol–water partition coefficient (Wildman–Crippen LogP) is 3.20. The van der Waals surface area contributed by atoms with Crippen molar-refractivity contribution in [3.63, 3.8) is 0 Å². The third-order valence-electron chi connectivity index (χ3n) is 6.40. The zero-order valence-electron chi connectivity index (χ0n) is 17.7. The van der Waals surface area contributed by atoms with E-state index in [1.807, 2.05) is 11.8 Å². The zero-order chi connectivity index (χ0) is 21.0. The standard InChI is InChI=1S/C23H31NO6/c1-2-27-22(26)23(16-18-5-3-4-12-28-18)8-10-24(11-9-23)21(25)17-6-7-19-20(15-17)30-14-13-29-19/h6-7,15,18H,2-5,8-14,16H2,1H3/t18-/m0/s1. The van der Waals surface area contributed by atoms with Crippen LogP contribution in [0.25, 0.3) is 0 Å². The van der Waals surface area contributed by atoms with Gasteiger partial charge < -0.3 is 23.8 Å². The van der Waals surface area contributed by atoms with Gasteiger partial charge in [-0.2, -0.15) is 0 Å². The second-order valence-corrected chi connectivity index (χ2v) is 8.34. The van der Waals surface area contributed by atoms with Crippen molar-refractivity contribution in [2.24, 2.45) is 5.41 Å². The Balaban J connectivity index is 1.44. The van der Waals surface area contributed by atoms with E-state index in [4.69, 9.17) is 18.9 Å². The molecule has 3 heterocycles. The number of esters is 1. The summed E-state index contributed by atoms with van der Waals surface area (Å²) >= 11 is 0. The molecule has 0 aromatic heterocycles. The lowest BCUT2D eigenvalue weighted by Crippen LogP contribution is -2.49. The van der Waals surface area contributed by atoms with Gasteiger partial charge in [0.2, 0.25) is 0 Å². The lowest BCUT2D eigenvalue weighted by molar-refractivity contribution is -0.162. The summed E-state index contributed by atoms with van der Waals surface area (Å²) in [4.78, 5) is 27.8. The summed E-state index contributed by atoms with van der Waals surface area (Å²) in [6.45, 7) is 5.03. The van der Waals surface area contributed by atoms with E-state index in [-0.39, 0.29) is 18.0 Å². The van der Waals surface area contributed by atoms with Crippen molar-refractivity contribution >= 4 is 11.9 Å². The molecule has 30 heavy (non-hydrogen) atoms. The van der Waals surface area contributed by atoms with E-state index in [0.717, 1.165) is 25.9 Å². The second-order valence-electron chi connectivity index (χ2n) is 8.34. The van der Waals surface area contributed by atoms with Gasteiger partial charge in [0, 0.05) is 25.3 Å². The number of likely N-dealkylation sites (tertiary alicyclic amines) is 1. The quantitative estimate of drug-likeness (QED) is 0.685. The highest BCUT2D eigenvalue weighted by molar-refractivity contribution is 5.95. The molecule has 2 saturated heterocycles. The highest BCUT2D eigenvalue weighted by atomic mass is 16.6. The van der Waals surface area contributed by atoms with Gasteiger partial charge >= 0.3 is 5.97 Å². The number of ether oxygens (including phenoxy) is 4. The molecule has 164 valence electrons. The van der Waals surface area contributed by atoms with Crippen molar-refractivity contribution in [1.29, 1.82) is 0 Å². The van der Waals surface area contributed by atoms with Gasteiger partial charge in [0.1, 0.15) is 13.2 Å². The minimum atomic E-state index is -0.568. The summed E-state index contributed by atoms with van der Waals surface area (Å²) in [6, 6.07) is 5.31. The molecule has 1 aromatic rings. The van der Waals surface area contributed by atoms with Crippen LogP contribution in [0.15, 0.2) is 18.2 Å². The van der Waals surface area contributed by atoms with Crippen LogP contribution in [0.3, 0.4) is 0 Å². The van der Waals surface area contributed by atoms with Crippen LogP contribution in [-0.2, 0) is 14.3 Å². The molecule has 0 bridgehead atoms. The maximum atomic E-state index is 13.1. The number of hydrogen-bond acceptors (Lipinski definition) is 6. The maximum absolute atomic E-state index is 13.1. The smallest absolute Gasteiger partial charge is 0.312 e. The van der Waals surface area contributed by atoms with Gasteiger partial charge in [0.05, 0.1) is 18.1 Å². The molecule has 0 radical (unpaired) electrons. The first kappa shape index (κ1) is 21.0. The first-order valence-corrected chi connectivity index (χ1v) is 11.1. The van der Waals surface area contributed by atoms with Crippen molar-refractivity contribution in [3.05, 3.63) is 23.8 Å². The van der Waals surface area contributed by atoms with E-state index in [1.54, 1.807) is 18.2 Å². The summed E-state index contributed by atoms with van der Waals surface area (Å²) in [5.74, 6) is 1.09. The molecular weight excluding hydrogens is 386 g/mol. The molecule has 7 heteroatoms. The SMILES string of the molecule is CCOC(=O)C1(C[C@@H]2CCCCO2)CCN(C(=O)c2ccc3c(c2)OCCO3)CC1. The average Bonchev–Trinajstić information content (AvgIpc) is 2.79. The van der Waals surface area contributed by atoms with Gasteiger partial charge in [-0.25, -0.2) is 0 Å². The number of benzene rings is 1. The van der Waals surface area contributed by atoms with Crippen molar-refractivity contribution in [3.8, 4) is 11.5 Å². The fraction of sp³-hybridized carbons (Fsp3) is 0.652. The summed E-state index contributed by atoms with van der Waals surface area (Å²) in [7, 11) is 0. The Kier molecular flexibility index (Phi) is 6.46. The van der Waals surface area contributed by atoms with Gasteiger partial charge in [-0.1, -0.05) is 0 Å². The zero-order valence-corrected chi connectivity index (χ0v) is 17.7. The highest BCUT2D eigenvalue weighted by Gasteiger charge is 2.45. The van der Waals surface area contributed by atoms with Gasteiger partial charge in [-0.15, -0.1) is 0 Å². The number of piperidine rings is 1. The number of carbonyl (C=O) groups excluding carboxylic acids is 2. The summed E-state index contributed by atoms with van der Waals surface area (Å²) in [5.41, 5.74) is 0.0141. The molecule has 2 fully saturated rings. The summed E-state index contributed by atoms with van der Waals surface area (Å²) < 4.78 is 22.5. The molecule has 0 N–H and O–H groups in total. The van der Waals surface area contributed by atoms with Crippen molar-refractivity contribution < 1.29 is 28.5 Å². The van der Waals surface area contributed by atoms with Crippen LogP contribution in [0, 0.1) is 5.41 Å². The van der Waals surface area contributed by atoms with Crippen molar-refractivity contribution in [2.75, 3.05) is 39.5 Å². The molecule has 1 aromatic carbocycles.